The quantitative estimate of drug-likeness (QED) is 0.294. The third-order valence-corrected chi connectivity index (χ3v) is 6.87. The van der Waals surface area contributed by atoms with Crippen LogP contribution in [0.3, 0.4) is 0 Å². The summed E-state index contributed by atoms with van der Waals surface area (Å²) in [5, 5.41) is 1.24. The lowest BCUT2D eigenvalue weighted by Gasteiger charge is -2.13. The van der Waals surface area contributed by atoms with Crippen molar-refractivity contribution < 1.29 is 19.1 Å². The SMILES string of the molecule is COc1cc(/C=C2\SC(=O)N(Cc3cccc(Cl)c3)C2=O)ccc1OCc1c(Cl)cccc1Cl. The lowest BCUT2D eigenvalue weighted by molar-refractivity contribution is -0.123. The van der Waals surface area contributed by atoms with Gasteiger partial charge in [-0.25, -0.2) is 0 Å². The summed E-state index contributed by atoms with van der Waals surface area (Å²) in [6.45, 7) is 0.319. The molecule has 0 bridgehead atoms. The van der Waals surface area contributed by atoms with E-state index in [1.807, 2.05) is 6.07 Å². The molecule has 1 aliphatic rings. The molecule has 0 atom stereocenters. The van der Waals surface area contributed by atoms with Gasteiger partial charge >= 0.3 is 0 Å². The molecule has 0 saturated carbocycles. The summed E-state index contributed by atoms with van der Waals surface area (Å²) in [6, 6.07) is 17.5. The van der Waals surface area contributed by atoms with Gasteiger partial charge < -0.3 is 9.47 Å². The fourth-order valence-corrected chi connectivity index (χ4v) is 4.88. The number of carbonyl (C=O) groups is 2. The Bertz CT molecular complexity index is 1270. The van der Waals surface area contributed by atoms with E-state index in [1.54, 1.807) is 60.7 Å². The summed E-state index contributed by atoms with van der Waals surface area (Å²) in [5.74, 6) is 0.599. The van der Waals surface area contributed by atoms with Gasteiger partial charge in [0, 0.05) is 20.6 Å². The van der Waals surface area contributed by atoms with E-state index in [1.165, 1.54) is 12.0 Å². The Labute approximate surface area is 216 Å². The zero-order valence-corrected chi connectivity index (χ0v) is 21.0. The van der Waals surface area contributed by atoms with Crippen LogP contribution in [0.5, 0.6) is 11.5 Å². The molecule has 2 amide bonds. The van der Waals surface area contributed by atoms with Gasteiger partial charge in [-0.2, -0.15) is 0 Å². The maximum Gasteiger partial charge on any atom is 0.293 e. The number of thioether (sulfide) groups is 1. The highest BCUT2D eigenvalue weighted by Crippen LogP contribution is 2.36. The first kappa shape index (κ1) is 24.5. The van der Waals surface area contributed by atoms with Gasteiger partial charge in [0.15, 0.2) is 11.5 Å². The summed E-state index contributed by atoms with van der Waals surface area (Å²) >= 11 is 19.3. The largest absolute Gasteiger partial charge is 0.493 e. The molecule has 1 saturated heterocycles. The summed E-state index contributed by atoms with van der Waals surface area (Å²) in [5.41, 5.74) is 2.14. The summed E-state index contributed by atoms with van der Waals surface area (Å²) in [6.07, 6.45) is 1.65. The molecule has 0 radical (unpaired) electrons. The maximum atomic E-state index is 12.9. The van der Waals surface area contributed by atoms with Crippen LogP contribution in [0.2, 0.25) is 15.1 Å². The minimum absolute atomic E-state index is 0.156. The van der Waals surface area contributed by atoms with Gasteiger partial charge in [-0.3, -0.25) is 14.5 Å². The minimum atomic E-state index is -0.359. The third-order valence-electron chi connectivity index (χ3n) is 5.02. The van der Waals surface area contributed by atoms with E-state index in [9.17, 15) is 9.59 Å². The third kappa shape index (κ3) is 5.53. The van der Waals surface area contributed by atoms with E-state index in [4.69, 9.17) is 44.3 Å². The fraction of sp³-hybridized carbons (Fsp3) is 0.120. The molecule has 3 aromatic carbocycles. The van der Waals surface area contributed by atoms with E-state index in [0.29, 0.717) is 42.6 Å². The maximum absolute atomic E-state index is 12.9. The Morgan fingerprint density at radius 2 is 1.68 bits per heavy atom. The number of halogens is 3. The zero-order valence-electron chi connectivity index (χ0n) is 17.9. The number of amides is 2. The molecule has 5 nitrogen and oxygen atoms in total. The van der Waals surface area contributed by atoms with Crippen LogP contribution in [0.15, 0.2) is 65.6 Å². The van der Waals surface area contributed by atoms with Crippen molar-refractivity contribution in [2.75, 3.05) is 7.11 Å². The van der Waals surface area contributed by atoms with Crippen molar-refractivity contribution in [3.05, 3.63) is 97.3 Å². The van der Waals surface area contributed by atoms with Crippen molar-refractivity contribution in [2.45, 2.75) is 13.2 Å². The van der Waals surface area contributed by atoms with E-state index in [-0.39, 0.29) is 24.3 Å². The number of nitrogens with zero attached hydrogens (tertiary/aromatic N) is 1. The van der Waals surface area contributed by atoms with Crippen LogP contribution in [-0.4, -0.2) is 23.2 Å². The summed E-state index contributed by atoms with van der Waals surface area (Å²) < 4.78 is 11.3. The van der Waals surface area contributed by atoms with Gasteiger partial charge in [0.2, 0.25) is 0 Å². The number of hydrogen-bond donors (Lipinski definition) is 0. The normalized spacial score (nSPS) is 14.7. The number of imide groups is 1. The van der Waals surface area contributed by atoms with Gasteiger partial charge in [-0.1, -0.05) is 59.1 Å². The Morgan fingerprint density at radius 3 is 2.38 bits per heavy atom. The minimum Gasteiger partial charge on any atom is -0.493 e. The van der Waals surface area contributed by atoms with Crippen molar-refractivity contribution >= 4 is 63.8 Å². The lowest BCUT2D eigenvalue weighted by atomic mass is 10.1. The molecule has 1 aliphatic heterocycles. The predicted octanol–water partition coefficient (Wildman–Crippen LogP) is 7.47. The molecule has 1 fully saturated rings. The van der Waals surface area contributed by atoms with E-state index in [2.05, 4.69) is 0 Å². The Morgan fingerprint density at radius 1 is 0.941 bits per heavy atom. The van der Waals surface area contributed by atoms with E-state index < -0.39 is 0 Å². The van der Waals surface area contributed by atoms with Crippen LogP contribution in [0, 0.1) is 0 Å². The number of ether oxygens (including phenoxy) is 2. The number of hydrogen-bond acceptors (Lipinski definition) is 5. The molecule has 174 valence electrons. The highest BCUT2D eigenvalue weighted by Gasteiger charge is 2.35. The van der Waals surface area contributed by atoms with Gasteiger partial charge in [0.25, 0.3) is 11.1 Å². The van der Waals surface area contributed by atoms with Gasteiger partial charge in [-0.05, 0) is 65.4 Å². The predicted molar refractivity (Wildman–Crippen MR) is 137 cm³/mol. The summed E-state index contributed by atoms with van der Waals surface area (Å²) in [4.78, 5) is 26.8. The second-order valence-corrected chi connectivity index (χ2v) is 9.54. The first-order valence-electron chi connectivity index (χ1n) is 10.1. The smallest absolute Gasteiger partial charge is 0.293 e. The van der Waals surface area contributed by atoms with Crippen LogP contribution in [0.25, 0.3) is 6.08 Å². The molecule has 1 heterocycles. The second-order valence-electron chi connectivity index (χ2n) is 7.30. The molecule has 0 aromatic heterocycles. The molecule has 0 aliphatic carbocycles. The van der Waals surface area contributed by atoms with Crippen molar-refractivity contribution in [1.82, 2.24) is 4.90 Å². The highest BCUT2D eigenvalue weighted by atomic mass is 35.5. The van der Waals surface area contributed by atoms with Crippen LogP contribution < -0.4 is 9.47 Å². The van der Waals surface area contributed by atoms with Crippen molar-refractivity contribution in [3.63, 3.8) is 0 Å². The first-order chi connectivity index (χ1) is 16.4. The molecular weight excluding hydrogens is 517 g/mol. The van der Waals surface area contributed by atoms with Crippen molar-refractivity contribution in [1.29, 1.82) is 0 Å². The van der Waals surface area contributed by atoms with Crippen LogP contribution in [0.4, 0.5) is 4.79 Å². The zero-order chi connectivity index (χ0) is 24.2. The lowest BCUT2D eigenvalue weighted by Crippen LogP contribution is -2.27. The first-order valence-corrected chi connectivity index (χ1v) is 12.0. The second kappa shape index (κ2) is 10.7. The monoisotopic (exact) mass is 533 g/mol. The fourth-order valence-electron chi connectivity index (χ4n) is 3.32. The van der Waals surface area contributed by atoms with Gasteiger partial charge in [0.05, 0.1) is 18.6 Å². The Hall–Kier alpha value is -2.64. The molecule has 9 heteroatoms. The number of rotatable bonds is 7. The molecule has 4 rings (SSSR count). The molecular formula is C25H18Cl3NO4S. The molecule has 3 aromatic rings. The molecule has 34 heavy (non-hydrogen) atoms. The Kier molecular flexibility index (Phi) is 7.73. The number of benzene rings is 3. The average Bonchev–Trinajstić information content (AvgIpc) is 3.06. The van der Waals surface area contributed by atoms with Crippen molar-refractivity contribution in [3.8, 4) is 11.5 Å². The average molecular weight is 535 g/mol. The molecule has 0 spiro atoms. The number of methoxy groups -OCH3 is 1. The highest BCUT2D eigenvalue weighted by molar-refractivity contribution is 8.18. The van der Waals surface area contributed by atoms with Gasteiger partial charge in [0.1, 0.15) is 6.61 Å². The van der Waals surface area contributed by atoms with Gasteiger partial charge in [-0.15, -0.1) is 0 Å². The summed E-state index contributed by atoms with van der Waals surface area (Å²) in [7, 11) is 1.52. The van der Waals surface area contributed by atoms with Crippen LogP contribution in [0.1, 0.15) is 16.7 Å². The standard InChI is InChI=1S/C25H18Cl3NO4S/c1-32-22-11-15(8-9-21(22)33-14-18-19(27)6-3-7-20(18)28)12-23-24(30)29(25(31)34-23)13-16-4-2-5-17(26)10-16/h2-12H,13-14H2,1H3/b23-12-. The van der Waals surface area contributed by atoms with Crippen molar-refractivity contribution in [2.24, 2.45) is 0 Å². The van der Waals surface area contributed by atoms with Crippen LogP contribution >= 0.6 is 46.6 Å². The van der Waals surface area contributed by atoms with Crippen LogP contribution in [-0.2, 0) is 17.9 Å². The van der Waals surface area contributed by atoms with E-state index in [0.717, 1.165) is 17.3 Å². The topological polar surface area (TPSA) is 55.8 Å². The Balaban J connectivity index is 1.50. The van der Waals surface area contributed by atoms with E-state index >= 15 is 0 Å². The molecule has 0 N–H and O–H groups in total. The molecule has 0 unspecified atom stereocenters. The number of carbonyl (C=O) groups excluding carboxylic acids is 2.